The Hall–Kier alpha value is -1.39. The molecule has 2 nitrogen and oxygen atoms in total. The van der Waals surface area contributed by atoms with Gasteiger partial charge in [-0.05, 0) is 35.9 Å². The van der Waals surface area contributed by atoms with Crippen LogP contribution in [0.15, 0.2) is 46.9 Å². The van der Waals surface area contributed by atoms with Crippen LogP contribution in [0.2, 0.25) is 0 Å². The van der Waals surface area contributed by atoms with Crippen molar-refractivity contribution in [2.24, 2.45) is 0 Å². The van der Waals surface area contributed by atoms with E-state index in [0.717, 1.165) is 22.1 Å². The number of nitrogens with zero attached hydrogens (tertiary/aromatic N) is 1. The third kappa shape index (κ3) is 4.29. The van der Waals surface area contributed by atoms with Gasteiger partial charge in [0.15, 0.2) is 0 Å². The molecule has 1 N–H and O–H groups in total. The molecule has 21 heavy (non-hydrogen) atoms. The van der Waals surface area contributed by atoms with Crippen LogP contribution in [0.1, 0.15) is 18.1 Å². The molecule has 0 aliphatic heterocycles. The van der Waals surface area contributed by atoms with Crippen LogP contribution in [-0.4, -0.2) is 13.6 Å². The van der Waals surface area contributed by atoms with E-state index in [9.17, 15) is 4.39 Å². The minimum atomic E-state index is -0.181. The zero-order valence-corrected chi connectivity index (χ0v) is 14.0. The lowest BCUT2D eigenvalue weighted by atomic mass is 10.1. The second-order valence-corrected chi connectivity index (χ2v) is 5.87. The molecule has 0 saturated heterocycles. The average Bonchev–Trinajstić information content (AvgIpc) is 2.47. The zero-order chi connectivity index (χ0) is 15.2. The Morgan fingerprint density at radius 2 is 1.95 bits per heavy atom. The highest BCUT2D eigenvalue weighted by Gasteiger charge is 2.10. The zero-order valence-electron chi connectivity index (χ0n) is 12.4. The minimum absolute atomic E-state index is 0.181. The van der Waals surface area contributed by atoms with E-state index in [1.54, 1.807) is 6.07 Å². The number of nitrogens with one attached hydrogen (secondary N) is 1. The Bertz CT molecular complexity index is 601. The van der Waals surface area contributed by atoms with Crippen molar-refractivity contribution >= 4 is 21.6 Å². The van der Waals surface area contributed by atoms with Crippen LogP contribution in [0.4, 0.5) is 10.1 Å². The molecule has 2 aromatic carbocycles. The highest BCUT2D eigenvalue weighted by atomic mass is 79.9. The summed E-state index contributed by atoms with van der Waals surface area (Å²) >= 11 is 3.53. The Morgan fingerprint density at radius 3 is 2.62 bits per heavy atom. The van der Waals surface area contributed by atoms with Gasteiger partial charge in [0.2, 0.25) is 0 Å². The molecule has 0 fully saturated rings. The van der Waals surface area contributed by atoms with Gasteiger partial charge in [0.05, 0.1) is 5.69 Å². The Labute approximate surface area is 134 Å². The molecule has 0 heterocycles. The first-order chi connectivity index (χ1) is 10.1. The molecule has 2 aromatic rings. The van der Waals surface area contributed by atoms with E-state index in [1.165, 1.54) is 0 Å². The molecule has 0 aliphatic rings. The maximum absolute atomic E-state index is 14.2. The molecule has 0 unspecified atom stereocenters. The van der Waals surface area contributed by atoms with Crippen LogP contribution < -0.4 is 10.2 Å². The highest BCUT2D eigenvalue weighted by Crippen LogP contribution is 2.24. The van der Waals surface area contributed by atoms with Gasteiger partial charge < -0.3 is 10.2 Å². The van der Waals surface area contributed by atoms with E-state index < -0.39 is 0 Å². The summed E-state index contributed by atoms with van der Waals surface area (Å²) in [5.41, 5.74) is 2.72. The molecule has 2 rings (SSSR count). The summed E-state index contributed by atoms with van der Waals surface area (Å²) in [4.78, 5) is 1.92. The monoisotopic (exact) mass is 350 g/mol. The number of rotatable bonds is 6. The van der Waals surface area contributed by atoms with Gasteiger partial charge in [-0.15, -0.1) is 0 Å². The average molecular weight is 351 g/mol. The summed E-state index contributed by atoms with van der Waals surface area (Å²) in [6.07, 6.45) is 0. The number of hydrogen-bond acceptors (Lipinski definition) is 2. The van der Waals surface area contributed by atoms with Crippen molar-refractivity contribution in [2.75, 3.05) is 18.5 Å². The summed E-state index contributed by atoms with van der Waals surface area (Å²) in [5, 5.41) is 3.20. The second-order valence-electron chi connectivity index (χ2n) is 5.01. The van der Waals surface area contributed by atoms with Gasteiger partial charge in [-0.1, -0.05) is 47.1 Å². The number of anilines is 1. The van der Waals surface area contributed by atoms with Crippen LogP contribution in [0.3, 0.4) is 0 Å². The lowest BCUT2D eigenvalue weighted by molar-refractivity contribution is 0.616. The molecule has 4 heteroatoms. The summed E-state index contributed by atoms with van der Waals surface area (Å²) in [5.74, 6) is -0.181. The van der Waals surface area contributed by atoms with Gasteiger partial charge in [-0.25, -0.2) is 4.39 Å². The molecule has 0 saturated carbocycles. The molecule has 0 spiro atoms. The van der Waals surface area contributed by atoms with Crippen molar-refractivity contribution in [3.05, 3.63) is 63.9 Å². The number of benzene rings is 2. The summed E-state index contributed by atoms with van der Waals surface area (Å²) in [7, 11) is 1.90. The molecule has 0 bridgehead atoms. The normalized spacial score (nSPS) is 10.7. The van der Waals surface area contributed by atoms with Crippen molar-refractivity contribution < 1.29 is 4.39 Å². The molecule has 112 valence electrons. The fourth-order valence-corrected chi connectivity index (χ4v) is 2.62. The van der Waals surface area contributed by atoms with E-state index in [2.05, 4.69) is 21.2 Å². The Morgan fingerprint density at radius 1 is 1.19 bits per heavy atom. The Kier molecular flexibility index (Phi) is 5.76. The van der Waals surface area contributed by atoms with E-state index in [-0.39, 0.29) is 5.82 Å². The maximum Gasteiger partial charge on any atom is 0.146 e. The minimum Gasteiger partial charge on any atom is -0.368 e. The quantitative estimate of drug-likeness (QED) is 0.833. The molecule has 0 aromatic heterocycles. The molecule has 0 atom stereocenters. The first-order valence-electron chi connectivity index (χ1n) is 7.05. The Balaban J connectivity index is 2.12. The molecular formula is C17H20BrFN2. The van der Waals surface area contributed by atoms with Gasteiger partial charge in [0, 0.05) is 24.6 Å². The summed E-state index contributed by atoms with van der Waals surface area (Å²) in [6.45, 7) is 4.27. The van der Waals surface area contributed by atoms with Gasteiger partial charge in [0.1, 0.15) is 5.82 Å². The smallest absolute Gasteiger partial charge is 0.146 e. The second kappa shape index (κ2) is 7.57. The van der Waals surface area contributed by atoms with E-state index in [1.807, 2.05) is 55.3 Å². The van der Waals surface area contributed by atoms with Crippen LogP contribution in [-0.2, 0) is 13.1 Å². The molecular weight excluding hydrogens is 331 g/mol. The molecule has 0 aliphatic carbocycles. The van der Waals surface area contributed by atoms with Crippen molar-refractivity contribution in [3.63, 3.8) is 0 Å². The van der Waals surface area contributed by atoms with E-state index >= 15 is 0 Å². The largest absolute Gasteiger partial charge is 0.368 e. The number of hydrogen-bond donors (Lipinski definition) is 1. The lowest BCUT2D eigenvalue weighted by Crippen LogP contribution is -2.18. The molecule has 0 radical (unpaired) electrons. The third-order valence-corrected chi connectivity index (χ3v) is 4.14. The van der Waals surface area contributed by atoms with Gasteiger partial charge >= 0.3 is 0 Å². The highest BCUT2D eigenvalue weighted by molar-refractivity contribution is 9.10. The van der Waals surface area contributed by atoms with Crippen LogP contribution in [0.5, 0.6) is 0 Å². The maximum atomic E-state index is 14.2. The van der Waals surface area contributed by atoms with Crippen LogP contribution >= 0.6 is 15.9 Å². The van der Waals surface area contributed by atoms with Crippen molar-refractivity contribution in [1.82, 2.24) is 5.32 Å². The summed E-state index contributed by atoms with van der Waals surface area (Å²) in [6, 6.07) is 13.4. The predicted molar refractivity (Wildman–Crippen MR) is 90.0 cm³/mol. The third-order valence-electron chi connectivity index (χ3n) is 3.37. The fourth-order valence-electron chi connectivity index (χ4n) is 2.21. The number of halogens is 2. The predicted octanol–water partition coefficient (Wildman–Crippen LogP) is 4.33. The van der Waals surface area contributed by atoms with E-state index in [4.69, 9.17) is 0 Å². The van der Waals surface area contributed by atoms with E-state index in [0.29, 0.717) is 18.8 Å². The first-order valence-corrected chi connectivity index (χ1v) is 7.84. The van der Waals surface area contributed by atoms with Gasteiger partial charge in [-0.3, -0.25) is 0 Å². The molecule has 0 amide bonds. The van der Waals surface area contributed by atoms with Gasteiger partial charge in [0.25, 0.3) is 0 Å². The lowest BCUT2D eigenvalue weighted by Gasteiger charge is -2.21. The van der Waals surface area contributed by atoms with Crippen molar-refractivity contribution in [3.8, 4) is 0 Å². The standard InChI is InChI=1S/C17H20BrFN2/c1-3-20-11-13-8-9-17(16(19)10-13)21(2)12-14-6-4-5-7-15(14)18/h4-10,20H,3,11-12H2,1-2H3. The SMILES string of the molecule is CCNCc1ccc(N(C)Cc2ccccc2Br)c(F)c1. The van der Waals surface area contributed by atoms with Crippen LogP contribution in [0.25, 0.3) is 0 Å². The van der Waals surface area contributed by atoms with Crippen LogP contribution in [0, 0.1) is 5.82 Å². The first kappa shape index (κ1) is 16.0. The topological polar surface area (TPSA) is 15.3 Å². The van der Waals surface area contributed by atoms with Crippen molar-refractivity contribution in [1.29, 1.82) is 0 Å². The summed E-state index contributed by atoms with van der Waals surface area (Å²) < 4.78 is 15.3. The fraction of sp³-hybridized carbons (Fsp3) is 0.294. The van der Waals surface area contributed by atoms with Crippen molar-refractivity contribution in [2.45, 2.75) is 20.0 Å². The van der Waals surface area contributed by atoms with Gasteiger partial charge in [-0.2, -0.15) is 0 Å².